The Morgan fingerprint density at radius 2 is 1.90 bits per heavy atom. The van der Waals surface area contributed by atoms with Crippen LogP contribution in [0.4, 0.5) is 4.79 Å². The van der Waals surface area contributed by atoms with Crippen molar-refractivity contribution in [2.75, 3.05) is 6.54 Å². The monoisotopic (exact) mass is 420 g/mol. The highest BCUT2D eigenvalue weighted by Crippen LogP contribution is 2.15. The van der Waals surface area contributed by atoms with Gasteiger partial charge in [0, 0.05) is 19.2 Å². The first-order valence-corrected chi connectivity index (χ1v) is 10.3. The SMILES string of the molecule is C[C@H](NC(=O)CCC1NC(=O)N(CCc2ccccc2)C1=O)c1nnc2ccccn12. The Morgan fingerprint density at radius 1 is 1.13 bits per heavy atom. The van der Waals surface area contributed by atoms with Gasteiger partial charge in [-0.1, -0.05) is 36.4 Å². The molecule has 0 radical (unpaired) electrons. The van der Waals surface area contributed by atoms with Crippen LogP contribution in [0.15, 0.2) is 54.7 Å². The van der Waals surface area contributed by atoms with Gasteiger partial charge in [0.25, 0.3) is 5.91 Å². The Bertz CT molecular complexity index is 1100. The summed E-state index contributed by atoms with van der Waals surface area (Å²) in [5, 5.41) is 13.8. The van der Waals surface area contributed by atoms with Crippen molar-refractivity contribution in [2.45, 2.75) is 38.3 Å². The minimum atomic E-state index is -0.682. The summed E-state index contributed by atoms with van der Waals surface area (Å²) in [6.45, 7) is 2.14. The van der Waals surface area contributed by atoms with Gasteiger partial charge in [-0.2, -0.15) is 0 Å². The molecule has 9 heteroatoms. The van der Waals surface area contributed by atoms with Gasteiger partial charge in [-0.15, -0.1) is 10.2 Å². The number of benzene rings is 1. The van der Waals surface area contributed by atoms with Crippen LogP contribution in [0, 0.1) is 0 Å². The smallest absolute Gasteiger partial charge is 0.324 e. The summed E-state index contributed by atoms with van der Waals surface area (Å²) in [5.41, 5.74) is 1.76. The van der Waals surface area contributed by atoms with E-state index in [1.165, 1.54) is 4.90 Å². The Hall–Kier alpha value is -3.75. The van der Waals surface area contributed by atoms with Crippen LogP contribution in [0.1, 0.15) is 37.2 Å². The maximum Gasteiger partial charge on any atom is 0.324 e. The van der Waals surface area contributed by atoms with Gasteiger partial charge in [0.2, 0.25) is 5.91 Å². The molecule has 3 aromatic rings. The molecule has 1 fully saturated rings. The number of carbonyl (C=O) groups is 3. The third-order valence-electron chi connectivity index (χ3n) is 5.34. The molecule has 1 aliphatic rings. The molecule has 1 aromatic carbocycles. The number of pyridine rings is 1. The second kappa shape index (κ2) is 8.95. The van der Waals surface area contributed by atoms with Crippen LogP contribution in [0.2, 0.25) is 0 Å². The van der Waals surface area contributed by atoms with Crippen molar-refractivity contribution >= 4 is 23.5 Å². The van der Waals surface area contributed by atoms with Crippen molar-refractivity contribution in [3.05, 3.63) is 66.1 Å². The summed E-state index contributed by atoms with van der Waals surface area (Å²) in [6, 6.07) is 13.8. The average molecular weight is 420 g/mol. The Labute approximate surface area is 179 Å². The zero-order valence-corrected chi connectivity index (χ0v) is 17.2. The van der Waals surface area contributed by atoms with Crippen molar-refractivity contribution in [1.29, 1.82) is 0 Å². The third kappa shape index (κ3) is 4.55. The predicted octanol–water partition coefficient (Wildman–Crippen LogP) is 1.85. The molecule has 2 atom stereocenters. The quantitative estimate of drug-likeness (QED) is 0.541. The van der Waals surface area contributed by atoms with E-state index in [1.54, 1.807) is 0 Å². The normalized spacial score (nSPS) is 17.1. The number of amides is 4. The van der Waals surface area contributed by atoms with Crippen LogP contribution in [-0.4, -0.2) is 49.9 Å². The lowest BCUT2D eigenvalue weighted by molar-refractivity contribution is -0.127. The largest absolute Gasteiger partial charge is 0.346 e. The van der Waals surface area contributed by atoms with Crippen LogP contribution in [0.25, 0.3) is 5.65 Å². The van der Waals surface area contributed by atoms with Gasteiger partial charge in [0.05, 0.1) is 6.04 Å². The van der Waals surface area contributed by atoms with Crippen LogP contribution in [-0.2, 0) is 16.0 Å². The van der Waals surface area contributed by atoms with E-state index in [-0.39, 0.29) is 30.7 Å². The van der Waals surface area contributed by atoms with E-state index in [4.69, 9.17) is 0 Å². The van der Waals surface area contributed by atoms with Gasteiger partial charge in [-0.3, -0.25) is 18.9 Å². The number of nitrogens with zero attached hydrogens (tertiary/aromatic N) is 4. The lowest BCUT2D eigenvalue weighted by atomic mass is 10.1. The molecule has 1 aliphatic heterocycles. The molecule has 0 spiro atoms. The zero-order chi connectivity index (χ0) is 21.8. The van der Waals surface area contributed by atoms with E-state index >= 15 is 0 Å². The average Bonchev–Trinajstić information content (AvgIpc) is 3.32. The molecular weight excluding hydrogens is 396 g/mol. The molecule has 4 amide bonds. The zero-order valence-electron chi connectivity index (χ0n) is 17.2. The van der Waals surface area contributed by atoms with Gasteiger partial charge in [-0.25, -0.2) is 4.79 Å². The fraction of sp³-hybridized carbons (Fsp3) is 0.318. The number of hydrogen-bond donors (Lipinski definition) is 2. The van der Waals surface area contributed by atoms with E-state index in [0.717, 1.165) is 5.56 Å². The summed E-state index contributed by atoms with van der Waals surface area (Å²) in [5.74, 6) is 0.122. The van der Waals surface area contributed by atoms with Crippen molar-refractivity contribution in [3.63, 3.8) is 0 Å². The van der Waals surface area contributed by atoms with E-state index in [9.17, 15) is 14.4 Å². The number of imide groups is 1. The second-order valence-corrected chi connectivity index (χ2v) is 7.54. The predicted molar refractivity (Wildman–Crippen MR) is 113 cm³/mol. The highest BCUT2D eigenvalue weighted by atomic mass is 16.2. The van der Waals surface area contributed by atoms with Crippen molar-refractivity contribution < 1.29 is 14.4 Å². The molecule has 0 bridgehead atoms. The fourth-order valence-corrected chi connectivity index (χ4v) is 3.68. The number of nitrogens with one attached hydrogen (secondary N) is 2. The summed E-state index contributed by atoms with van der Waals surface area (Å²) in [6.07, 6.45) is 2.79. The van der Waals surface area contributed by atoms with Gasteiger partial charge in [0.15, 0.2) is 11.5 Å². The summed E-state index contributed by atoms with van der Waals surface area (Å²) in [4.78, 5) is 38.4. The molecule has 9 nitrogen and oxygen atoms in total. The molecule has 2 N–H and O–H groups in total. The number of hydrogen-bond acceptors (Lipinski definition) is 5. The number of urea groups is 1. The number of rotatable bonds is 8. The summed E-state index contributed by atoms with van der Waals surface area (Å²) in [7, 11) is 0. The van der Waals surface area contributed by atoms with Gasteiger partial charge >= 0.3 is 6.03 Å². The van der Waals surface area contributed by atoms with Crippen molar-refractivity contribution in [3.8, 4) is 0 Å². The number of aromatic nitrogens is 3. The number of fused-ring (bicyclic) bond motifs is 1. The lowest BCUT2D eigenvalue weighted by Gasteiger charge is -2.14. The van der Waals surface area contributed by atoms with Gasteiger partial charge in [0.1, 0.15) is 6.04 Å². The maximum atomic E-state index is 12.6. The van der Waals surface area contributed by atoms with E-state index in [2.05, 4.69) is 20.8 Å². The van der Waals surface area contributed by atoms with Crippen LogP contribution in [0.5, 0.6) is 0 Å². The van der Waals surface area contributed by atoms with E-state index in [1.807, 2.05) is 66.1 Å². The summed E-state index contributed by atoms with van der Waals surface area (Å²) < 4.78 is 1.82. The first-order valence-electron chi connectivity index (χ1n) is 10.3. The molecule has 4 rings (SSSR count). The molecule has 1 unspecified atom stereocenters. The minimum Gasteiger partial charge on any atom is -0.346 e. The third-order valence-corrected chi connectivity index (χ3v) is 5.34. The molecule has 31 heavy (non-hydrogen) atoms. The standard InChI is InChI=1S/C22H24N6O3/c1-15(20-26-25-18-9-5-6-13-27(18)20)23-19(29)11-10-17-21(30)28(22(31)24-17)14-12-16-7-3-2-4-8-16/h2-9,13,15,17H,10-12,14H2,1H3,(H,23,29)(H,24,31)/t15-,17?/m0/s1. The molecule has 1 saturated heterocycles. The topological polar surface area (TPSA) is 109 Å². The van der Waals surface area contributed by atoms with Crippen molar-refractivity contribution in [1.82, 2.24) is 30.1 Å². The maximum absolute atomic E-state index is 12.6. The molecule has 0 aliphatic carbocycles. The van der Waals surface area contributed by atoms with Crippen LogP contribution >= 0.6 is 0 Å². The molecule has 0 saturated carbocycles. The molecule has 3 heterocycles. The van der Waals surface area contributed by atoms with Crippen molar-refractivity contribution in [2.24, 2.45) is 0 Å². The lowest BCUT2D eigenvalue weighted by Crippen LogP contribution is -2.34. The highest BCUT2D eigenvalue weighted by molar-refractivity contribution is 6.04. The Kier molecular flexibility index (Phi) is 5.92. The highest BCUT2D eigenvalue weighted by Gasteiger charge is 2.37. The number of carbonyl (C=O) groups excluding carboxylic acids is 3. The first-order chi connectivity index (χ1) is 15.0. The van der Waals surface area contributed by atoms with Crippen LogP contribution in [0.3, 0.4) is 0 Å². The fourth-order valence-electron chi connectivity index (χ4n) is 3.68. The molecular formula is C22H24N6O3. The van der Waals surface area contributed by atoms with Gasteiger partial charge in [-0.05, 0) is 37.5 Å². The van der Waals surface area contributed by atoms with Gasteiger partial charge < -0.3 is 10.6 Å². The Morgan fingerprint density at radius 3 is 2.71 bits per heavy atom. The Balaban J connectivity index is 1.28. The van der Waals surface area contributed by atoms with Crippen LogP contribution < -0.4 is 10.6 Å². The molecule has 160 valence electrons. The van der Waals surface area contributed by atoms with E-state index in [0.29, 0.717) is 24.4 Å². The second-order valence-electron chi connectivity index (χ2n) is 7.54. The molecule has 2 aromatic heterocycles. The summed E-state index contributed by atoms with van der Waals surface area (Å²) >= 11 is 0. The first kappa shape index (κ1) is 20.5. The minimum absolute atomic E-state index is 0.115. The van der Waals surface area contributed by atoms with E-state index < -0.39 is 12.1 Å².